The Morgan fingerprint density at radius 3 is 2.48 bits per heavy atom. The summed E-state index contributed by atoms with van der Waals surface area (Å²) in [4.78, 5) is 25.5. The molecule has 0 unspecified atom stereocenters. The van der Waals surface area contributed by atoms with Gasteiger partial charge in [0.1, 0.15) is 11.5 Å². The molecular weight excluding hydrogens is 361 g/mol. The minimum atomic E-state index is -0.340. The molecule has 2 aromatic rings. The first-order valence-electron chi connectivity index (χ1n) is 8.12. The average Bonchev–Trinajstić information content (AvgIpc) is 2.65. The van der Waals surface area contributed by atoms with Gasteiger partial charge in [0, 0.05) is 31.9 Å². The molecule has 1 aliphatic heterocycles. The number of aromatic nitrogens is 2. The molecule has 6 nitrogen and oxygen atoms in total. The lowest BCUT2D eigenvalue weighted by molar-refractivity contribution is 0.102. The van der Waals surface area contributed by atoms with Gasteiger partial charge in [0.05, 0.1) is 22.4 Å². The van der Waals surface area contributed by atoms with Gasteiger partial charge in [-0.15, -0.1) is 0 Å². The predicted molar refractivity (Wildman–Crippen MR) is 101 cm³/mol. The summed E-state index contributed by atoms with van der Waals surface area (Å²) in [6.45, 7) is 7.08. The number of nitrogens with zero attached hydrogens (tertiary/aromatic N) is 4. The summed E-state index contributed by atoms with van der Waals surface area (Å²) in [5.74, 6) is 0.454. The molecule has 0 radical (unpaired) electrons. The Morgan fingerprint density at radius 2 is 1.88 bits per heavy atom. The van der Waals surface area contributed by atoms with E-state index in [0.717, 1.165) is 38.5 Å². The van der Waals surface area contributed by atoms with Crippen molar-refractivity contribution in [1.82, 2.24) is 14.9 Å². The smallest absolute Gasteiger partial charge is 0.275 e. The summed E-state index contributed by atoms with van der Waals surface area (Å²) in [6, 6.07) is 4.90. The Morgan fingerprint density at radius 1 is 1.12 bits per heavy atom. The Labute approximate surface area is 156 Å². The topological polar surface area (TPSA) is 61.4 Å². The van der Waals surface area contributed by atoms with Crippen molar-refractivity contribution in [1.29, 1.82) is 0 Å². The van der Waals surface area contributed by atoms with Crippen LogP contribution in [0, 0.1) is 0 Å². The van der Waals surface area contributed by atoms with E-state index in [-0.39, 0.29) is 11.6 Å². The number of anilines is 2. The van der Waals surface area contributed by atoms with Gasteiger partial charge in [0.15, 0.2) is 0 Å². The van der Waals surface area contributed by atoms with Gasteiger partial charge in [-0.3, -0.25) is 4.79 Å². The lowest BCUT2D eigenvalue weighted by Gasteiger charge is -2.34. The van der Waals surface area contributed by atoms with Gasteiger partial charge in [-0.05, 0) is 24.7 Å². The van der Waals surface area contributed by atoms with Gasteiger partial charge in [0.25, 0.3) is 5.91 Å². The number of piperazine rings is 1. The zero-order valence-electron chi connectivity index (χ0n) is 13.9. The van der Waals surface area contributed by atoms with Gasteiger partial charge in [-0.25, -0.2) is 9.97 Å². The predicted octanol–water partition coefficient (Wildman–Crippen LogP) is 3.18. The maximum Gasteiger partial charge on any atom is 0.275 e. The molecule has 1 N–H and O–H groups in total. The van der Waals surface area contributed by atoms with Crippen molar-refractivity contribution < 1.29 is 4.79 Å². The number of nitrogens with one attached hydrogen (secondary N) is 1. The number of amides is 1. The summed E-state index contributed by atoms with van der Waals surface area (Å²) in [5.41, 5.74) is 0.808. The van der Waals surface area contributed by atoms with Crippen LogP contribution in [-0.4, -0.2) is 53.5 Å². The van der Waals surface area contributed by atoms with Crippen LogP contribution in [0.25, 0.3) is 0 Å². The van der Waals surface area contributed by atoms with Crippen LogP contribution in [0.4, 0.5) is 11.5 Å². The van der Waals surface area contributed by atoms with Crippen molar-refractivity contribution in [3.05, 3.63) is 46.3 Å². The molecule has 1 aromatic heterocycles. The zero-order chi connectivity index (χ0) is 17.8. The highest BCUT2D eigenvalue weighted by Crippen LogP contribution is 2.25. The standard InChI is InChI=1S/C17H19Cl2N5O/c1-2-23-5-7-24(8-6-23)16-11-20-15(10-21-16)17(25)22-12-3-4-13(18)14(19)9-12/h3-4,9-11H,2,5-8H2,1H3,(H,22,25). The first kappa shape index (κ1) is 17.9. The number of hydrogen-bond donors (Lipinski definition) is 1. The van der Waals surface area contributed by atoms with Gasteiger partial charge >= 0.3 is 0 Å². The highest BCUT2D eigenvalue weighted by atomic mass is 35.5. The third-order valence-electron chi connectivity index (χ3n) is 4.19. The maximum absolute atomic E-state index is 12.3. The Bertz CT molecular complexity index is 745. The molecule has 2 heterocycles. The number of halogens is 2. The molecule has 0 spiro atoms. The number of likely N-dealkylation sites (N-methyl/N-ethyl adjacent to an activating group) is 1. The first-order valence-corrected chi connectivity index (χ1v) is 8.88. The summed E-state index contributed by atoms with van der Waals surface area (Å²) >= 11 is 11.8. The molecule has 0 bridgehead atoms. The van der Waals surface area contributed by atoms with Crippen molar-refractivity contribution in [2.24, 2.45) is 0 Å². The SMILES string of the molecule is CCN1CCN(c2cnc(C(=O)Nc3ccc(Cl)c(Cl)c3)cn2)CC1. The summed E-state index contributed by atoms with van der Waals surface area (Å²) in [5, 5.41) is 3.55. The van der Waals surface area contributed by atoms with E-state index in [9.17, 15) is 4.79 Å². The lowest BCUT2D eigenvalue weighted by atomic mass is 10.3. The number of carbonyl (C=O) groups excluding carboxylic acids is 1. The van der Waals surface area contributed by atoms with Crippen molar-refractivity contribution >= 4 is 40.6 Å². The maximum atomic E-state index is 12.3. The molecule has 3 rings (SSSR count). The van der Waals surface area contributed by atoms with E-state index in [1.54, 1.807) is 24.4 Å². The van der Waals surface area contributed by atoms with E-state index in [4.69, 9.17) is 23.2 Å². The average molecular weight is 380 g/mol. The molecule has 1 fully saturated rings. The molecule has 1 aliphatic rings. The molecule has 132 valence electrons. The molecule has 25 heavy (non-hydrogen) atoms. The zero-order valence-corrected chi connectivity index (χ0v) is 15.4. The fourth-order valence-electron chi connectivity index (χ4n) is 2.66. The highest BCUT2D eigenvalue weighted by Gasteiger charge is 2.17. The molecule has 0 atom stereocenters. The third-order valence-corrected chi connectivity index (χ3v) is 4.93. The number of carbonyl (C=O) groups is 1. The fraction of sp³-hybridized carbons (Fsp3) is 0.353. The summed E-state index contributed by atoms with van der Waals surface area (Å²) in [6.07, 6.45) is 3.14. The van der Waals surface area contributed by atoms with Crippen molar-refractivity contribution in [3.8, 4) is 0 Å². The van der Waals surface area contributed by atoms with Gasteiger partial charge in [-0.1, -0.05) is 30.1 Å². The molecule has 8 heteroatoms. The Balaban J connectivity index is 1.63. The fourth-order valence-corrected chi connectivity index (χ4v) is 2.96. The molecule has 0 saturated carbocycles. The van der Waals surface area contributed by atoms with E-state index >= 15 is 0 Å². The minimum Gasteiger partial charge on any atom is -0.353 e. The quantitative estimate of drug-likeness (QED) is 0.883. The highest BCUT2D eigenvalue weighted by molar-refractivity contribution is 6.42. The molecule has 1 amide bonds. The van der Waals surface area contributed by atoms with E-state index in [1.165, 1.54) is 6.20 Å². The van der Waals surface area contributed by atoms with Gasteiger partial charge < -0.3 is 15.1 Å². The van der Waals surface area contributed by atoms with E-state index in [0.29, 0.717) is 15.7 Å². The number of rotatable bonds is 4. The molecule has 1 aromatic carbocycles. The summed E-state index contributed by atoms with van der Waals surface area (Å²) in [7, 11) is 0. The minimum absolute atomic E-state index is 0.252. The van der Waals surface area contributed by atoms with Crippen LogP contribution >= 0.6 is 23.2 Å². The lowest BCUT2D eigenvalue weighted by Crippen LogP contribution is -2.46. The van der Waals surface area contributed by atoms with Crippen LogP contribution in [-0.2, 0) is 0 Å². The number of benzene rings is 1. The van der Waals surface area contributed by atoms with E-state index < -0.39 is 0 Å². The largest absolute Gasteiger partial charge is 0.353 e. The van der Waals surface area contributed by atoms with Crippen LogP contribution in [0.15, 0.2) is 30.6 Å². The van der Waals surface area contributed by atoms with E-state index in [2.05, 4.69) is 32.0 Å². The van der Waals surface area contributed by atoms with Crippen LogP contribution in [0.3, 0.4) is 0 Å². The van der Waals surface area contributed by atoms with Crippen molar-refractivity contribution in [2.75, 3.05) is 42.9 Å². The second kappa shape index (κ2) is 7.99. The number of hydrogen-bond acceptors (Lipinski definition) is 5. The second-order valence-corrected chi connectivity index (χ2v) is 6.58. The van der Waals surface area contributed by atoms with Crippen molar-refractivity contribution in [2.45, 2.75) is 6.92 Å². The van der Waals surface area contributed by atoms with E-state index in [1.807, 2.05) is 0 Å². The molecule has 1 saturated heterocycles. The molecule has 0 aliphatic carbocycles. The normalized spacial score (nSPS) is 15.2. The summed E-state index contributed by atoms with van der Waals surface area (Å²) < 4.78 is 0. The third kappa shape index (κ3) is 4.39. The monoisotopic (exact) mass is 379 g/mol. The van der Waals surface area contributed by atoms with Crippen molar-refractivity contribution in [3.63, 3.8) is 0 Å². The van der Waals surface area contributed by atoms with Crippen LogP contribution < -0.4 is 10.2 Å². The molecular formula is C17H19Cl2N5O. The van der Waals surface area contributed by atoms with Crippen LogP contribution in [0.2, 0.25) is 10.0 Å². The van der Waals surface area contributed by atoms with Gasteiger partial charge in [-0.2, -0.15) is 0 Å². The van der Waals surface area contributed by atoms with Gasteiger partial charge in [0.2, 0.25) is 0 Å². The van der Waals surface area contributed by atoms with Crippen LogP contribution in [0.1, 0.15) is 17.4 Å². The van der Waals surface area contributed by atoms with Crippen LogP contribution in [0.5, 0.6) is 0 Å². The first-order chi connectivity index (χ1) is 12.1. The Hall–Kier alpha value is -1.89. The Kier molecular flexibility index (Phi) is 5.73. The second-order valence-electron chi connectivity index (χ2n) is 5.76.